The first-order valence-electron chi connectivity index (χ1n) is 7.07. The van der Waals surface area contributed by atoms with Gasteiger partial charge in [-0.15, -0.1) is 0 Å². The Hall–Kier alpha value is -1.06. The van der Waals surface area contributed by atoms with Crippen LogP contribution in [0.2, 0.25) is 0 Å². The molecule has 18 heavy (non-hydrogen) atoms. The van der Waals surface area contributed by atoms with E-state index in [9.17, 15) is 0 Å². The second-order valence-electron chi connectivity index (χ2n) is 5.54. The van der Waals surface area contributed by atoms with E-state index in [1.165, 1.54) is 30.4 Å². The molecule has 1 unspecified atom stereocenters. The van der Waals surface area contributed by atoms with Crippen LogP contribution in [-0.2, 0) is 12.8 Å². The van der Waals surface area contributed by atoms with Crippen LogP contribution in [0.5, 0.6) is 5.75 Å². The minimum Gasteiger partial charge on any atom is -0.493 e. The van der Waals surface area contributed by atoms with Gasteiger partial charge in [0.15, 0.2) is 0 Å². The minimum absolute atomic E-state index is 0.489. The van der Waals surface area contributed by atoms with Crippen LogP contribution >= 0.6 is 0 Å². The van der Waals surface area contributed by atoms with Crippen LogP contribution in [0.1, 0.15) is 36.8 Å². The molecule has 0 radical (unpaired) electrons. The maximum Gasteiger partial charge on any atom is 0.122 e. The molecule has 0 aromatic heterocycles. The Balaban J connectivity index is 1.58. The van der Waals surface area contributed by atoms with Gasteiger partial charge in [0.1, 0.15) is 5.75 Å². The third kappa shape index (κ3) is 2.38. The molecule has 3 rings (SSSR count). The number of hydrogen-bond acceptors (Lipinski definition) is 3. The van der Waals surface area contributed by atoms with Crippen LogP contribution in [0.25, 0.3) is 0 Å². The highest BCUT2D eigenvalue weighted by Crippen LogP contribution is 2.32. The number of aryl methyl sites for hydroxylation is 1. The van der Waals surface area contributed by atoms with E-state index in [2.05, 4.69) is 23.6 Å². The van der Waals surface area contributed by atoms with E-state index in [0.29, 0.717) is 6.04 Å². The van der Waals surface area contributed by atoms with E-state index in [0.717, 1.165) is 37.5 Å². The van der Waals surface area contributed by atoms with Gasteiger partial charge >= 0.3 is 0 Å². The Labute approximate surface area is 109 Å². The molecule has 0 bridgehead atoms. The minimum atomic E-state index is 0.489. The van der Waals surface area contributed by atoms with E-state index in [1.54, 1.807) is 0 Å². The number of rotatable bonds is 5. The predicted octanol–water partition coefficient (Wildman–Crippen LogP) is 2.19. The molecular formula is C15H22N2O. The third-order valence-corrected chi connectivity index (χ3v) is 4.43. The van der Waals surface area contributed by atoms with Crippen molar-refractivity contribution in [2.45, 2.75) is 44.6 Å². The Bertz CT molecular complexity index is 415. The average Bonchev–Trinajstić information content (AvgIpc) is 2.79. The summed E-state index contributed by atoms with van der Waals surface area (Å²) in [6, 6.07) is 7.10. The van der Waals surface area contributed by atoms with Crippen molar-refractivity contribution >= 4 is 0 Å². The van der Waals surface area contributed by atoms with Crippen molar-refractivity contribution in [2.24, 2.45) is 11.8 Å². The number of hydrogen-bond donors (Lipinski definition) is 2. The molecule has 0 amide bonds. The van der Waals surface area contributed by atoms with Gasteiger partial charge in [0.25, 0.3) is 0 Å². The maximum absolute atomic E-state index is 5.67. The molecule has 98 valence electrons. The van der Waals surface area contributed by atoms with Gasteiger partial charge in [-0.2, -0.15) is 0 Å². The lowest BCUT2D eigenvalue weighted by atomic mass is 9.78. The van der Waals surface area contributed by atoms with Gasteiger partial charge in [-0.1, -0.05) is 18.6 Å². The van der Waals surface area contributed by atoms with E-state index in [4.69, 9.17) is 10.6 Å². The number of benzene rings is 1. The van der Waals surface area contributed by atoms with Crippen molar-refractivity contribution in [2.75, 3.05) is 6.61 Å². The first-order valence-corrected chi connectivity index (χ1v) is 7.07. The fourth-order valence-corrected chi connectivity index (χ4v) is 3.01. The molecule has 1 aromatic rings. The summed E-state index contributed by atoms with van der Waals surface area (Å²) in [7, 11) is 0. The fraction of sp³-hybridized carbons (Fsp3) is 0.600. The van der Waals surface area contributed by atoms with Crippen LogP contribution in [0.4, 0.5) is 0 Å². The largest absolute Gasteiger partial charge is 0.493 e. The number of fused-ring (bicyclic) bond motifs is 1. The SMILES string of the molecule is NNC(CCc1ccc2c(c1)CCO2)C1CCC1. The van der Waals surface area contributed by atoms with Crippen molar-refractivity contribution in [1.29, 1.82) is 0 Å². The lowest BCUT2D eigenvalue weighted by Gasteiger charge is -2.33. The summed E-state index contributed by atoms with van der Waals surface area (Å²) >= 11 is 0. The summed E-state index contributed by atoms with van der Waals surface area (Å²) in [4.78, 5) is 0. The normalized spacial score (nSPS) is 20.1. The lowest BCUT2D eigenvalue weighted by Crippen LogP contribution is -2.43. The topological polar surface area (TPSA) is 47.3 Å². The van der Waals surface area contributed by atoms with Gasteiger partial charge in [-0.05, 0) is 48.8 Å². The molecule has 1 saturated carbocycles. The van der Waals surface area contributed by atoms with Gasteiger partial charge < -0.3 is 4.74 Å². The Morgan fingerprint density at radius 1 is 1.39 bits per heavy atom. The molecule has 1 heterocycles. The van der Waals surface area contributed by atoms with Gasteiger partial charge in [0.2, 0.25) is 0 Å². The number of hydrazine groups is 1. The molecule has 1 aliphatic carbocycles. The molecule has 2 aliphatic rings. The Morgan fingerprint density at radius 3 is 3.00 bits per heavy atom. The zero-order valence-electron chi connectivity index (χ0n) is 10.8. The van der Waals surface area contributed by atoms with Gasteiger partial charge in [0, 0.05) is 12.5 Å². The average molecular weight is 246 g/mol. The van der Waals surface area contributed by atoms with Crippen LogP contribution in [0.3, 0.4) is 0 Å². The standard InChI is InChI=1S/C15H22N2O/c16-17-14(12-2-1-3-12)6-4-11-5-7-15-13(10-11)8-9-18-15/h5,7,10,12,14,17H,1-4,6,8-9,16H2. The molecule has 3 heteroatoms. The second-order valence-corrected chi connectivity index (χ2v) is 5.54. The summed E-state index contributed by atoms with van der Waals surface area (Å²) < 4.78 is 5.53. The van der Waals surface area contributed by atoms with Crippen LogP contribution in [0.15, 0.2) is 18.2 Å². The Morgan fingerprint density at radius 2 is 2.28 bits per heavy atom. The van der Waals surface area contributed by atoms with E-state index in [-0.39, 0.29) is 0 Å². The van der Waals surface area contributed by atoms with Crippen molar-refractivity contribution in [3.05, 3.63) is 29.3 Å². The van der Waals surface area contributed by atoms with Crippen molar-refractivity contribution < 1.29 is 4.74 Å². The summed E-state index contributed by atoms with van der Waals surface area (Å²) in [5, 5.41) is 0. The quantitative estimate of drug-likeness (QED) is 0.618. The van der Waals surface area contributed by atoms with Crippen LogP contribution in [0, 0.1) is 5.92 Å². The molecule has 3 nitrogen and oxygen atoms in total. The molecule has 1 fully saturated rings. The van der Waals surface area contributed by atoms with E-state index < -0.39 is 0 Å². The molecule has 1 atom stereocenters. The fourth-order valence-electron chi connectivity index (χ4n) is 3.01. The number of ether oxygens (including phenoxy) is 1. The number of nitrogens with one attached hydrogen (secondary N) is 1. The maximum atomic E-state index is 5.67. The molecule has 3 N–H and O–H groups in total. The van der Waals surface area contributed by atoms with Crippen molar-refractivity contribution in [3.63, 3.8) is 0 Å². The highest BCUT2D eigenvalue weighted by Gasteiger charge is 2.26. The summed E-state index contributed by atoms with van der Waals surface area (Å²) in [6.45, 7) is 0.841. The predicted molar refractivity (Wildman–Crippen MR) is 72.4 cm³/mol. The second kappa shape index (κ2) is 5.29. The van der Waals surface area contributed by atoms with Crippen LogP contribution in [-0.4, -0.2) is 12.6 Å². The first kappa shape index (κ1) is 12.0. The van der Waals surface area contributed by atoms with E-state index in [1.807, 2.05) is 0 Å². The van der Waals surface area contributed by atoms with Crippen molar-refractivity contribution in [1.82, 2.24) is 5.43 Å². The van der Waals surface area contributed by atoms with Crippen molar-refractivity contribution in [3.8, 4) is 5.75 Å². The van der Waals surface area contributed by atoms with Gasteiger partial charge in [-0.25, -0.2) is 0 Å². The summed E-state index contributed by atoms with van der Waals surface area (Å²) in [6.07, 6.45) is 7.36. The molecule has 1 aromatic carbocycles. The zero-order valence-corrected chi connectivity index (χ0v) is 10.8. The van der Waals surface area contributed by atoms with Crippen LogP contribution < -0.4 is 16.0 Å². The summed E-state index contributed by atoms with van der Waals surface area (Å²) in [5.41, 5.74) is 5.79. The molecule has 0 saturated heterocycles. The lowest BCUT2D eigenvalue weighted by molar-refractivity contribution is 0.221. The third-order valence-electron chi connectivity index (χ3n) is 4.43. The van der Waals surface area contributed by atoms with Gasteiger partial charge in [-0.3, -0.25) is 11.3 Å². The Kier molecular flexibility index (Phi) is 3.52. The molecule has 0 spiro atoms. The molecular weight excluding hydrogens is 224 g/mol. The monoisotopic (exact) mass is 246 g/mol. The summed E-state index contributed by atoms with van der Waals surface area (Å²) in [5.74, 6) is 7.54. The van der Waals surface area contributed by atoms with E-state index >= 15 is 0 Å². The molecule has 1 aliphatic heterocycles. The zero-order chi connectivity index (χ0) is 12.4. The smallest absolute Gasteiger partial charge is 0.122 e. The highest BCUT2D eigenvalue weighted by molar-refractivity contribution is 5.39. The first-order chi connectivity index (χ1) is 8.86. The van der Waals surface area contributed by atoms with Gasteiger partial charge in [0.05, 0.1) is 6.61 Å². The highest BCUT2D eigenvalue weighted by atomic mass is 16.5. The number of nitrogens with two attached hydrogens (primary N) is 1.